The highest BCUT2D eigenvalue weighted by Gasteiger charge is 2.51. The van der Waals surface area contributed by atoms with Crippen molar-refractivity contribution in [2.45, 2.75) is 38.9 Å². The molecule has 0 aliphatic carbocycles. The van der Waals surface area contributed by atoms with Gasteiger partial charge in [0.1, 0.15) is 22.3 Å². The van der Waals surface area contributed by atoms with Crippen LogP contribution in [0.2, 0.25) is 5.28 Å². The number of hydrogen-bond donors (Lipinski definition) is 0. The Kier molecular flexibility index (Phi) is 20.1. The molecule has 1 saturated heterocycles. The molecule has 538 valence electrons. The molecule has 18 aromatic rings. The summed E-state index contributed by atoms with van der Waals surface area (Å²) in [6.45, 7) is 8.35. The normalized spacial score (nSPS) is 12.7. The van der Waals surface area contributed by atoms with Crippen molar-refractivity contribution >= 4 is 90.4 Å². The number of furan rings is 2. The minimum absolute atomic E-state index is 0.165. The molecule has 0 amide bonds. The number of hydrogen-bond acceptors (Lipinski definition) is 10. The maximum absolute atomic E-state index is 6.29. The molecule has 4 aromatic heterocycles. The lowest BCUT2D eigenvalue weighted by Crippen LogP contribution is -2.41. The highest BCUT2D eigenvalue weighted by Crippen LogP contribution is 2.42. The molecule has 0 N–H and O–H groups in total. The maximum Gasteiger partial charge on any atom is 0.494 e. The van der Waals surface area contributed by atoms with E-state index in [2.05, 4.69) is 291 Å². The van der Waals surface area contributed by atoms with Gasteiger partial charge in [-0.25, -0.2) is 19.9 Å². The van der Waals surface area contributed by atoms with E-state index >= 15 is 0 Å². The van der Waals surface area contributed by atoms with Crippen molar-refractivity contribution in [3.05, 3.63) is 426 Å². The van der Waals surface area contributed by atoms with Crippen molar-refractivity contribution in [1.82, 2.24) is 29.9 Å². The molecule has 14 aromatic carbocycles. The average molecular weight is 1470 g/mol. The fraction of sp³-hybridized carbons (Fsp3) is 0.0600. The summed E-state index contributed by atoms with van der Waals surface area (Å²) in [6.07, 6.45) is 0. The highest BCUT2D eigenvalue weighted by molar-refractivity contribution is 6.62. The summed E-state index contributed by atoms with van der Waals surface area (Å²) in [4.78, 5) is 28.1. The van der Waals surface area contributed by atoms with Gasteiger partial charge >= 0.3 is 7.12 Å². The summed E-state index contributed by atoms with van der Waals surface area (Å²) in [5, 5.41) is 4.47. The monoisotopic (exact) mass is 1470 g/mol. The standard InChI is InChI=1S/C47H31N3O.C32H31BO2.C21H12ClN3O/c1-5-15-32(16-6-1)43(33-17-7-2-8-18-33)44(34-19-9-3-10-20-34)35-25-27-37(28-26-35)46-48-45(36-21-11-4-12-22-36)49-47(50-46)38-29-30-40-39-23-13-14-24-41(39)51-42(40)31-38;1-31(2)32(3,4)35-33(34-31)28-22-20-27(21-23-28)30(26-18-12-7-13-19-26)29(24-14-8-5-9-15-24)25-16-10-6-11-17-25;22-21-24-19(13-6-2-1-3-7-13)23-20(25-21)14-10-11-16-15-8-4-5-9-17(15)26-18(16)12-14/h1-31H;5-23H,1-4H3;1-12H. The lowest BCUT2D eigenvalue weighted by atomic mass is 9.77. The van der Waals surface area contributed by atoms with Gasteiger partial charge in [-0.3, -0.25) is 0 Å². The lowest BCUT2D eigenvalue weighted by molar-refractivity contribution is 0.00578. The van der Waals surface area contributed by atoms with Crippen LogP contribution in [-0.2, 0) is 9.31 Å². The van der Waals surface area contributed by atoms with Gasteiger partial charge in [0.15, 0.2) is 29.1 Å². The molecule has 1 aliphatic heterocycles. The van der Waals surface area contributed by atoms with Crippen molar-refractivity contribution in [3.63, 3.8) is 0 Å². The number of rotatable bonds is 14. The van der Waals surface area contributed by atoms with E-state index in [4.69, 9.17) is 44.7 Å². The quantitative estimate of drug-likeness (QED) is 0.0768. The molecule has 12 heteroatoms. The first-order chi connectivity index (χ1) is 54.9. The fourth-order valence-electron chi connectivity index (χ4n) is 14.3. The van der Waals surface area contributed by atoms with Crippen LogP contribution < -0.4 is 5.46 Å². The highest BCUT2D eigenvalue weighted by atomic mass is 35.5. The molecular weight excluding hydrogens is 1400 g/mol. The molecule has 0 atom stereocenters. The predicted octanol–water partition coefficient (Wildman–Crippen LogP) is 24.5. The molecule has 0 radical (unpaired) electrons. The van der Waals surface area contributed by atoms with Crippen LogP contribution in [0.5, 0.6) is 0 Å². The predicted molar refractivity (Wildman–Crippen MR) is 457 cm³/mol. The maximum atomic E-state index is 6.29. The SMILES string of the molecule is CC1(C)OB(c2ccc(C(=C(c3ccccc3)c3ccccc3)c3ccccc3)cc2)OC1(C)C.Clc1nc(-c2ccccc2)nc(-c2ccc3c(c2)oc2ccccc23)n1.c1ccc(C(=C(c2ccccc2)c2ccc(-c3nc(-c4ccccc4)nc(-c4ccc5c(c4)oc4ccccc45)n3)cc2)c2ccccc2)cc1. The molecule has 0 saturated carbocycles. The van der Waals surface area contributed by atoms with E-state index in [1.54, 1.807) is 0 Å². The smallest absolute Gasteiger partial charge is 0.456 e. The number of fused-ring (bicyclic) bond motifs is 6. The molecule has 0 spiro atoms. The molecule has 10 nitrogen and oxygen atoms in total. The summed E-state index contributed by atoms with van der Waals surface area (Å²) >= 11 is 6.15. The van der Waals surface area contributed by atoms with Gasteiger partial charge < -0.3 is 18.1 Å². The van der Waals surface area contributed by atoms with Crippen LogP contribution in [0.15, 0.2) is 385 Å². The minimum atomic E-state index is -0.374. The summed E-state index contributed by atoms with van der Waals surface area (Å²) in [6, 6.07) is 129. The number of halogens is 1. The van der Waals surface area contributed by atoms with Gasteiger partial charge in [-0.05, 0) is 148 Å². The Morgan fingerprint density at radius 1 is 0.241 bits per heavy atom. The van der Waals surface area contributed by atoms with Gasteiger partial charge in [0, 0.05) is 49.4 Å². The topological polar surface area (TPSA) is 122 Å². The van der Waals surface area contributed by atoms with Gasteiger partial charge in [-0.2, -0.15) is 9.97 Å². The number of aromatic nitrogens is 6. The molecule has 19 rings (SSSR count). The van der Waals surface area contributed by atoms with Gasteiger partial charge in [0.05, 0.1) is 11.2 Å². The van der Waals surface area contributed by atoms with Gasteiger partial charge in [0.2, 0.25) is 5.28 Å². The summed E-state index contributed by atoms with van der Waals surface area (Å²) in [5.74, 6) is 2.87. The minimum Gasteiger partial charge on any atom is -0.456 e. The summed E-state index contributed by atoms with van der Waals surface area (Å²) in [5.41, 5.74) is 22.0. The Labute approximate surface area is 656 Å². The largest absolute Gasteiger partial charge is 0.494 e. The average Bonchev–Trinajstić information content (AvgIpc) is 1.38. The zero-order chi connectivity index (χ0) is 76.0. The van der Waals surface area contributed by atoms with E-state index in [9.17, 15) is 0 Å². The van der Waals surface area contributed by atoms with E-state index in [0.717, 1.165) is 111 Å². The lowest BCUT2D eigenvalue weighted by Gasteiger charge is -2.32. The van der Waals surface area contributed by atoms with Gasteiger partial charge in [-0.15, -0.1) is 0 Å². The summed E-state index contributed by atoms with van der Waals surface area (Å²) in [7, 11) is -0.374. The number of para-hydroxylation sites is 2. The van der Waals surface area contributed by atoms with Crippen LogP contribution in [0.4, 0.5) is 0 Å². The van der Waals surface area contributed by atoms with Crippen LogP contribution in [-0.4, -0.2) is 48.2 Å². The van der Waals surface area contributed by atoms with E-state index in [1.807, 2.05) is 127 Å². The van der Waals surface area contributed by atoms with Crippen LogP contribution in [0, 0.1) is 0 Å². The number of nitrogens with zero attached hydrogens (tertiary/aromatic N) is 6. The zero-order valence-corrected chi connectivity index (χ0v) is 62.8. The Bertz CT molecular complexity index is 6310. The third kappa shape index (κ3) is 15.1. The first-order valence-electron chi connectivity index (χ1n) is 37.4. The van der Waals surface area contributed by atoms with Crippen LogP contribution in [0.25, 0.3) is 123 Å². The molecule has 5 heterocycles. The third-order valence-electron chi connectivity index (χ3n) is 20.6. The van der Waals surface area contributed by atoms with Crippen molar-refractivity contribution in [3.8, 4) is 56.9 Å². The second-order valence-corrected chi connectivity index (χ2v) is 28.7. The molecule has 112 heavy (non-hydrogen) atoms. The molecule has 1 fully saturated rings. The Morgan fingerprint density at radius 2 is 0.482 bits per heavy atom. The molecule has 1 aliphatic rings. The van der Waals surface area contributed by atoms with E-state index < -0.39 is 0 Å². The van der Waals surface area contributed by atoms with Crippen LogP contribution >= 0.6 is 11.6 Å². The zero-order valence-electron chi connectivity index (χ0n) is 62.1. The first kappa shape index (κ1) is 71.4. The fourth-order valence-corrected chi connectivity index (χ4v) is 14.5. The third-order valence-corrected chi connectivity index (χ3v) is 20.8. The molecule has 0 bridgehead atoms. The van der Waals surface area contributed by atoms with Crippen LogP contribution in [0.3, 0.4) is 0 Å². The molecule has 0 unspecified atom stereocenters. The van der Waals surface area contributed by atoms with Crippen molar-refractivity contribution < 1.29 is 18.1 Å². The van der Waals surface area contributed by atoms with Gasteiger partial charge in [-0.1, -0.05) is 340 Å². The Balaban J connectivity index is 0.000000130. The molecular formula is C100H74BClN6O4. The Morgan fingerprint density at radius 3 is 0.821 bits per heavy atom. The van der Waals surface area contributed by atoms with Crippen molar-refractivity contribution in [2.24, 2.45) is 0 Å². The van der Waals surface area contributed by atoms with E-state index in [-0.39, 0.29) is 23.6 Å². The van der Waals surface area contributed by atoms with Gasteiger partial charge in [0.25, 0.3) is 0 Å². The number of benzene rings is 14. The second-order valence-electron chi connectivity index (χ2n) is 28.4. The van der Waals surface area contributed by atoms with Crippen molar-refractivity contribution in [1.29, 1.82) is 0 Å². The Hall–Kier alpha value is -13.5. The van der Waals surface area contributed by atoms with Crippen LogP contribution in [0.1, 0.15) is 72.2 Å². The summed E-state index contributed by atoms with van der Waals surface area (Å²) < 4.78 is 24.8. The first-order valence-corrected chi connectivity index (χ1v) is 37.8. The van der Waals surface area contributed by atoms with E-state index in [0.29, 0.717) is 29.1 Å². The van der Waals surface area contributed by atoms with E-state index in [1.165, 1.54) is 33.4 Å². The second kappa shape index (κ2) is 31.6. The van der Waals surface area contributed by atoms with Crippen molar-refractivity contribution in [2.75, 3.05) is 0 Å².